The van der Waals surface area contributed by atoms with Gasteiger partial charge < -0.3 is 10.6 Å². The highest BCUT2D eigenvalue weighted by atomic mass is 35.5. The van der Waals surface area contributed by atoms with Gasteiger partial charge in [0.1, 0.15) is 5.69 Å². The van der Waals surface area contributed by atoms with Crippen molar-refractivity contribution in [3.8, 4) is 0 Å². The topological polar surface area (TPSA) is 84.0 Å². The molecule has 0 fully saturated rings. The molecule has 0 radical (unpaired) electrons. The summed E-state index contributed by atoms with van der Waals surface area (Å²) in [6, 6.07) is 11.6. The molecule has 0 spiro atoms. The van der Waals surface area contributed by atoms with E-state index in [1.165, 1.54) is 12.3 Å². The Balaban J connectivity index is 1.79. The summed E-state index contributed by atoms with van der Waals surface area (Å²) in [6.45, 7) is 1.82. The Bertz CT molecular complexity index is 961. The van der Waals surface area contributed by atoms with E-state index in [0.29, 0.717) is 22.0 Å². The summed E-state index contributed by atoms with van der Waals surface area (Å²) in [4.78, 5) is 32.7. The van der Waals surface area contributed by atoms with Gasteiger partial charge in [0, 0.05) is 28.7 Å². The Hall–Kier alpha value is -3.25. The molecule has 6 nitrogen and oxygen atoms in total. The average Bonchev–Trinajstić information content (AvgIpc) is 2.64. The minimum Gasteiger partial charge on any atom is -0.321 e. The van der Waals surface area contributed by atoms with Crippen molar-refractivity contribution in [2.45, 2.75) is 6.92 Å². The minimum absolute atomic E-state index is 0.194. The van der Waals surface area contributed by atoms with Gasteiger partial charge in [0.05, 0.1) is 11.9 Å². The van der Waals surface area contributed by atoms with Gasteiger partial charge in [-0.2, -0.15) is 0 Å². The van der Waals surface area contributed by atoms with E-state index in [4.69, 9.17) is 11.6 Å². The Labute approximate surface area is 155 Å². The molecule has 1 aromatic carbocycles. The number of carbonyl (C=O) groups excluding carboxylic acids is 2. The van der Waals surface area contributed by atoms with Crippen LogP contribution in [-0.2, 0) is 0 Å². The standard InChI is InChI=1S/C19H15ClN4O2/c1-12-4-5-14(23-19(26)17-9-13(20)6-8-22-17)10-16(12)18(25)24-15-3-2-7-21-11-15/h2-11H,1H3,(H,23,26)(H,24,25). The van der Waals surface area contributed by atoms with Crippen LogP contribution in [0.25, 0.3) is 0 Å². The lowest BCUT2D eigenvalue weighted by molar-refractivity contribution is 0.101. The van der Waals surface area contributed by atoms with Gasteiger partial charge in [0.25, 0.3) is 11.8 Å². The lowest BCUT2D eigenvalue weighted by Gasteiger charge is -2.11. The lowest BCUT2D eigenvalue weighted by atomic mass is 10.1. The monoisotopic (exact) mass is 366 g/mol. The number of benzene rings is 1. The summed E-state index contributed by atoms with van der Waals surface area (Å²) in [5, 5.41) is 5.92. The van der Waals surface area contributed by atoms with Gasteiger partial charge in [-0.1, -0.05) is 17.7 Å². The molecule has 0 saturated heterocycles. The molecule has 3 aromatic rings. The van der Waals surface area contributed by atoms with Crippen LogP contribution in [0.3, 0.4) is 0 Å². The predicted molar refractivity (Wildman–Crippen MR) is 101 cm³/mol. The SMILES string of the molecule is Cc1ccc(NC(=O)c2cc(Cl)ccn2)cc1C(=O)Nc1cccnc1. The number of carbonyl (C=O) groups is 2. The van der Waals surface area contributed by atoms with Crippen LogP contribution in [0.1, 0.15) is 26.4 Å². The van der Waals surface area contributed by atoms with Gasteiger partial charge in [-0.15, -0.1) is 0 Å². The number of nitrogens with zero attached hydrogens (tertiary/aromatic N) is 2. The van der Waals surface area contributed by atoms with Gasteiger partial charge in [0.15, 0.2) is 0 Å². The van der Waals surface area contributed by atoms with Gasteiger partial charge in [0.2, 0.25) is 0 Å². The number of aryl methyl sites for hydroxylation is 1. The fourth-order valence-electron chi connectivity index (χ4n) is 2.30. The van der Waals surface area contributed by atoms with Gasteiger partial charge in [-0.05, 0) is 48.9 Å². The summed E-state index contributed by atoms with van der Waals surface area (Å²) >= 11 is 5.88. The van der Waals surface area contributed by atoms with Crippen LogP contribution in [0.5, 0.6) is 0 Å². The molecule has 0 unspecified atom stereocenters. The highest BCUT2D eigenvalue weighted by Gasteiger charge is 2.13. The number of amides is 2. The number of aromatic nitrogens is 2. The van der Waals surface area contributed by atoms with Gasteiger partial charge >= 0.3 is 0 Å². The van der Waals surface area contributed by atoms with Gasteiger partial charge in [-0.25, -0.2) is 0 Å². The third-order valence-electron chi connectivity index (χ3n) is 3.61. The molecule has 0 aliphatic rings. The minimum atomic E-state index is -0.407. The van der Waals surface area contributed by atoms with E-state index in [-0.39, 0.29) is 11.6 Å². The second-order valence-electron chi connectivity index (χ2n) is 5.54. The number of hydrogen-bond acceptors (Lipinski definition) is 4. The lowest BCUT2D eigenvalue weighted by Crippen LogP contribution is -2.16. The normalized spacial score (nSPS) is 10.2. The maximum atomic E-state index is 12.5. The van der Waals surface area contributed by atoms with Crippen molar-refractivity contribution >= 4 is 34.8 Å². The molecule has 7 heteroatoms. The fraction of sp³-hybridized carbons (Fsp3) is 0.0526. The largest absolute Gasteiger partial charge is 0.321 e. The quantitative estimate of drug-likeness (QED) is 0.732. The number of nitrogens with one attached hydrogen (secondary N) is 2. The number of pyridine rings is 2. The molecular weight excluding hydrogens is 352 g/mol. The summed E-state index contributed by atoms with van der Waals surface area (Å²) in [6.07, 6.45) is 4.64. The van der Waals surface area contributed by atoms with Crippen LogP contribution in [-0.4, -0.2) is 21.8 Å². The van der Waals surface area contributed by atoms with E-state index < -0.39 is 5.91 Å². The third kappa shape index (κ3) is 4.23. The zero-order valence-electron chi connectivity index (χ0n) is 13.9. The Morgan fingerprint density at radius 3 is 2.50 bits per heavy atom. The van der Waals surface area contributed by atoms with Crippen molar-refractivity contribution in [1.29, 1.82) is 0 Å². The van der Waals surface area contributed by atoms with E-state index in [9.17, 15) is 9.59 Å². The summed E-state index contributed by atoms with van der Waals surface area (Å²) in [5.41, 5.74) is 2.50. The molecule has 0 saturated carbocycles. The molecule has 0 aliphatic carbocycles. The van der Waals surface area contributed by atoms with Crippen molar-refractivity contribution in [2.75, 3.05) is 10.6 Å². The molecule has 26 heavy (non-hydrogen) atoms. The molecular formula is C19H15ClN4O2. The summed E-state index contributed by atoms with van der Waals surface area (Å²) in [5.74, 6) is -0.692. The van der Waals surface area contributed by atoms with Crippen LogP contribution in [0, 0.1) is 6.92 Å². The molecule has 130 valence electrons. The van der Waals surface area contributed by atoms with Crippen LogP contribution in [0.2, 0.25) is 5.02 Å². The molecule has 0 aliphatic heterocycles. The number of anilines is 2. The maximum Gasteiger partial charge on any atom is 0.274 e. The molecule has 2 heterocycles. The van der Waals surface area contributed by atoms with E-state index in [1.54, 1.807) is 48.8 Å². The van der Waals surface area contributed by atoms with Crippen LogP contribution < -0.4 is 10.6 Å². The highest BCUT2D eigenvalue weighted by Crippen LogP contribution is 2.18. The molecule has 2 N–H and O–H groups in total. The zero-order chi connectivity index (χ0) is 18.5. The highest BCUT2D eigenvalue weighted by molar-refractivity contribution is 6.31. The van der Waals surface area contributed by atoms with Crippen molar-refractivity contribution < 1.29 is 9.59 Å². The molecule has 3 rings (SSSR count). The smallest absolute Gasteiger partial charge is 0.274 e. The van der Waals surface area contributed by atoms with Crippen LogP contribution in [0.4, 0.5) is 11.4 Å². The van der Waals surface area contributed by atoms with Crippen molar-refractivity contribution in [3.05, 3.63) is 82.9 Å². The van der Waals surface area contributed by atoms with Crippen molar-refractivity contribution in [3.63, 3.8) is 0 Å². The Kier molecular flexibility index (Phi) is 5.24. The molecule has 2 amide bonds. The number of rotatable bonds is 4. The van der Waals surface area contributed by atoms with Crippen LogP contribution >= 0.6 is 11.6 Å². The second kappa shape index (κ2) is 7.76. The molecule has 0 atom stereocenters. The first-order valence-corrected chi connectivity index (χ1v) is 8.15. The molecule has 2 aromatic heterocycles. The fourth-order valence-corrected chi connectivity index (χ4v) is 2.46. The van der Waals surface area contributed by atoms with Crippen LogP contribution in [0.15, 0.2) is 61.1 Å². The number of halogens is 1. The number of hydrogen-bond donors (Lipinski definition) is 2. The Morgan fingerprint density at radius 2 is 1.77 bits per heavy atom. The van der Waals surface area contributed by atoms with Crippen molar-refractivity contribution in [2.24, 2.45) is 0 Å². The summed E-state index contributed by atoms with van der Waals surface area (Å²) in [7, 11) is 0. The second-order valence-corrected chi connectivity index (χ2v) is 5.98. The third-order valence-corrected chi connectivity index (χ3v) is 3.85. The van der Waals surface area contributed by atoms with E-state index >= 15 is 0 Å². The van der Waals surface area contributed by atoms with E-state index in [0.717, 1.165) is 5.56 Å². The van der Waals surface area contributed by atoms with Crippen molar-refractivity contribution in [1.82, 2.24) is 9.97 Å². The van der Waals surface area contributed by atoms with E-state index in [1.807, 2.05) is 6.92 Å². The predicted octanol–water partition coefficient (Wildman–Crippen LogP) is 3.94. The Morgan fingerprint density at radius 1 is 0.962 bits per heavy atom. The first kappa shape index (κ1) is 17.6. The zero-order valence-corrected chi connectivity index (χ0v) is 14.6. The first-order chi connectivity index (χ1) is 12.5. The average molecular weight is 367 g/mol. The van der Waals surface area contributed by atoms with Gasteiger partial charge in [-0.3, -0.25) is 19.6 Å². The maximum absolute atomic E-state index is 12.5. The first-order valence-electron chi connectivity index (χ1n) is 7.78. The molecule has 0 bridgehead atoms. The van der Waals surface area contributed by atoms with E-state index in [2.05, 4.69) is 20.6 Å². The summed E-state index contributed by atoms with van der Waals surface area (Å²) < 4.78 is 0.